The summed E-state index contributed by atoms with van der Waals surface area (Å²) in [6.45, 7) is 2.26. The van der Waals surface area contributed by atoms with E-state index in [4.69, 9.17) is 4.84 Å². The van der Waals surface area contributed by atoms with E-state index in [0.717, 1.165) is 19.3 Å². The van der Waals surface area contributed by atoms with Gasteiger partial charge in [0.1, 0.15) is 0 Å². The third-order valence-corrected chi connectivity index (χ3v) is 5.92. The van der Waals surface area contributed by atoms with E-state index in [9.17, 15) is 14.4 Å². The number of amides is 2. The lowest BCUT2D eigenvalue weighted by atomic mass is 10.1. The fourth-order valence-electron chi connectivity index (χ4n) is 3.07. The highest BCUT2D eigenvalue weighted by Gasteiger charge is 2.32. The molecule has 0 bridgehead atoms. The minimum Gasteiger partial charge on any atom is -0.330 e. The summed E-state index contributed by atoms with van der Waals surface area (Å²) in [5.41, 5.74) is 0. The molecule has 1 aliphatic rings. The van der Waals surface area contributed by atoms with Crippen LogP contribution in [0.25, 0.3) is 0 Å². The van der Waals surface area contributed by atoms with Crippen LogP contribution in [0.2, 0.25) is 0 Å². The number of unbranched alkanes of at least 4 members (excludes halogenated alkanes) is 10. The standard InChI is InChI=1S/C21H37NO4S/c1-2-3-4-5-6-9-12-17-27-18-13-10-7-8-11-14-21(25)26-22-19(23)15-16-20(22)24/h2-18H2,1H3. The smallest absolute Gasteiger partial charge is 0.330 e. The van der Waals surface area contributed by atoms with Gasteiger partial charge >= 0.3 is 5.97 Å². The number of carbonyl (C=O) groups excluding carboxylic acids is 3. The van der Waals surface area contributed by atoms with Crippen molar-refractivity contribution in [3.63, 3.8) is 0 Å². The Kier molecular flexibility index (Phi) is 14.2. The highest BCUT2D eigenvalue weighted by Crippen LogP contribution is 2.15. The zero-order valence-electron chi connectivity index (χ0n) is 17.0. The van der Waals surface area contributed by atoms with Gasteiger partial charge in [-0.25, -0.2) is 4.79 Å². The lowest BCUT2D eigenvalue weighted by Gasteiger charge is -2.12. The average molecular weight is 400 g/mol. The van der Waals surface area contributed by atoms with Crippen LogP contribution < -0.4 is 0 Å². The summed E-state index contributed by atoms with van der Waals surface area (Å²) in [5, 5.41) is 0.630. The molecule has 0 atom stereocenters. The van der Waals surface area contributed by atoms with Crippen molar-refractivity contribution in [3.05, 3.63) is 0 Å². The fourth-order valence-corrected chi connectivity index (χ4v) is 4.09. The van der Waals surface area contributed by atoms with Gasteiger partial charge in [0.2, 0.25) is 0 Å². The lowest BCUT2D eigenvalue weighted by Crippen LogP contribution is -2.31. The molecule has 0 N–H and O–H groups in total. The normalized spacial score (nSPS) is 14.2. The lowest BCUT2D eigenvalue weighted by molar-refractivity contribution is -0.197. The van der Waals surface area contributed by atoms with Crippen LogP contribution in [0.5, 0.6) is 0 Å². The molecule has 2 amide bonds. The number of hydrogen-bond acceptors (Lipinski definition) is 5. The van der Waals surface area contributed by atoms with Crippen molar-refractivity contribution in [3.8, 4) is 0 Å². The Morgan fingerprint density at radius 2 is 1.30 bits per heavy atom. The van der Waals surface area contributed by atoms with E-state index in [-0.39, 0.29) is 19.3 Å². The number of hydroxylamine groups is 2. The molecule has 1 rings (SSSR count). The number of nitrogens with zero attached hydrogens (tertiary/aromatic N) is 1. The van der Waals surface area contributed by atoms with Gasteiger partial charge < -0.3 is 4.84 Å². The SMILES string of the molecule is CCCCCCCCCSCCCCCCCC(=O)ON1C(=O)CCC1=O. The fraction of sp³-hybridized carbons (Fsp3) is 0.857. The monoisotopic (exact) mass is 399 g/mol. The summed E-state index contributed by atoms with van der Waals surface area (Å²) in [5.74, 6) is 1.21. The maximum atomic E-state index is 11.7. The van der Waals surface area contributed by atoms with E-state index < -0.39 is 17.8 Å². The highest BCUT2D eigenvalue weighted by molar-refractivity contribution is 7.99. The number of rotatable bonds is 17. The van der Waals surface area contributed by atoms with Crippen LogP contribution in [0.3, 0.4) is 0 Å². The first-order chi connectivity index (χ1) is 13.1. The number of imide groups is 1. The second-order valence-electron chi connectivity index (χ2n) is 7.30. The van der Waals surface area contributed by atoms with Crippen LogP contribution in [0.4, 0.5) is 0 Å². The molecule has 1 heterocycles. The number of carbonyl (C=O) groups is 3. The predicted octanol–water partition coefficient (Wildman–Crippen LogP) is 5.42. The summed E-state index contributed by atoms with van der Waals surface area (Å²) >= 11 is 2.06. The van der Waals surface area contributed by atoms with Crippen LogP contribution in [-0.4, -0.2) is 34.4 Å². The molecule has 1 aliphatic heterocycles. The van der Waals surface area contributed by atoms with Crippen molar-refractivity contribution in [2.75, 3.05) is 11.5 Å². The molecule has 27 heavy (non-hydrogen) atoms. The molecule has 0 spiro atoms. The van der Waals surface area contributed by atoms with E-state index in [0.29, 0.717) is 5.06 Å². The van der Waals surface area contributed by atoms with Gasteiger partial charge in [-0.05, 0) is 30.8 Å². The molecule has 1 saturated heterocycles. The Balaban J connectivity index is 1.80. The van der Waals surface area contributed by atoms with Gasteiger partial charge in [0, 0.05) is 19.3 Å². The van der Waals surface area contributed by atoms with Crippen LogP contribution in [-0.2, 0) is 19.2 Å². The van der Waals surface area contributed by atoms with Crippen LogP contribution in [0.15, 0.2) is 0 Å². The van der Waals surface area contributed by atoms with Crippen molar-refractivity contribution in [2.45, 2.75) is 103 Å². The van der Waals surface area contributed by atoms with Crippen molar-refractivity contribution in [2.24, 2.45) is 0 Å². The Hall–Kier alpha value is -1.04. The second kappa shape index (κ2) is 16.0. The largest absolute Gasteiger partial charge is 0.333 e. The first-order valence-corrected chi connectivity index (χ1v) is 11.9. The topological polar surface area (TPSA) is 63.7 Å². The summed E-state index contributed by atoms with van der Waals surface area (Å²) < 4.78 is 0. The molecule has 0 aliphatic carbocycles. The molecular weight excluding hydrogens is 362 g/mol. The van der Waals surface area contributed by atoms with Gasteiger partial charge in [-0.2, -0.15) is 11.8 Å². The van der Waals surface area contributed by atoms with Gasteiger partial charge in [-0.1, -0.05) is 64.7 Å². The van der Waals surface area contributed by atoms with Crippen LogP contribution in [0, 0.1) is 0 Å². The minimum absolute atomic E-state index is 0.142. The third-order valence-electron chi connectivity index (χ3n) is 4.76. The number of hydrogen-bond donors (Lipinski definition) is 0. The van der Waals surface area contributed by atoms with Crippen molar-refractivity contribution in [1.82, 2.24) is 5.06 Å². The molecule has 0 aromatic rings. The predicted molar refractivity (Wildman–Crippen MR) is 110 cm³/mol. The molecule has 6 heteroatoms. The van der Waals surface area contributed by atoms with Crippen molar-refractivity contribution in [1.29, 1.82) is 0 Å². The number of thioether (sulfide) groups is 1. The third kappa shape index (κ3) is 12.1. The summed E-state index contributed by atoms with van der Waals surface area (Å²) in [7, 11) is 0. The molecule has 0 radical (unpaired) electrons. The molecule has 156 valence electrons. The summed E-state index contributed by atoms with van der Waals surface area (Å²) in [6, 6.07) is 0. The van der Waals surface area contributed by atoms with E-state index in [1.54, 1.807) is 0 Å². The van der Waals surface area contributed by atoms with Crippen molar-refractivity contribution >= 4 is 29.5 Å². The van der Waals surface area contributed by atoms with Crippen LogP contribution in [0.1, 0.15) is 103 Å². The van der Waals surface area contributed by atoms with E-state index >= 15 is 0 Å². The molecule has 0 saturated carbocycles. The quantitative estimate of drug-likeness (QED) is 0.241. The zero-order valence-corrected chi connectivity index (χ0v) is 17.8. The average Bonchev–Trinajstić information content (AvgIpc) is 2.97. The Labute approximate surface area is 168 Å². The highest BCUT2D eigenvalue weighted by atomic mass is 32.2. The van der Waals surface area contributed by atoms with E-state index in [2.05, 4.69) is 18.7 Å². The molecule has 0 aromatic heterocycles. The maximum absolute atomic E-state index is 11.7. The van der Waals surface area contributed by atoms with Crippen molar-refractivity contribution < 1.29 is 19.2 Å². The minimum atomic E-state index is -0.483. The van der Waals surface area contributed by atoms with Gasteiger partial charge in [0.25, 0.3) is 11.8 Å². The maximum Gasteiger partial charge on any atom is 0.333 e. The molecule has 0 aromatic carbocycles. The van der Waals surface area contributed by atoms with E-state index in [1.165, 1.54) is 69.3 Å². The second-order valence-corrected chi connectivity index (χ2v) is 8.52. The first kappa shape index (κ1) is 24.0. The Morgan fingerprint density at radius 3 is 1.85 bits per heavy atom. The van der Waals surface area contributed by atoms with Gasteiger partial charge in [0.15, 0.2) is 0 Å². The Bertz CT molecular complexity index is 426. The van der Waals surface area contributed by atoms with E-state index in [1.807, 2.05) is 0 Å². The van der Waals surface area contributed by atoms with Gasteiger partial charge in [-0.3, -0.25) is 9.59 Å². The first-order valence-electron chi connectivity index (χ1n) is 10.8. The molecule has 1 fully saturated rings. The molecule has 5 nitrogen and oxygen atoms in total. The molecule has 0 unspecified atom stereocenters. The van der Waals surface area contributed by atoms with Gasteiger partial charge in [0.05, 0.1) is 0 Å². The Morgan fingerprint density at radius 1 is 0.815 bits per heavy atom. The van der Waals surface area contributed by atoms with Gasteiger partial charge in [-0.15, -0.1) is 5.06 Å². The molecular formula is C21H37NO4S. The zero-order chi connectivity index (χ0) is 19.7. The summed E-state index contributed by atoms with van der Waals surface area (Å²) in [6.07, 6.45) is 15.5. The van der Waals surface area contributed by atoms with Crippen LogP contribution >= 0.6 is 11.8 Å². The summed E-state index contributed by atoms with van der Waals surface area (Å²) in [4.78, 5) is 39.2.